The Bertz CT molecular complexity index is 372. The van der Waals surface area contributed by atoms with Crippen molar-refractivity contribution >= 4 is 17.4 Å². The Morgan fingerprint density at radius 3 is 2.62 bits per heavy atom. The smallest absolute Gasteiger partial charge is 0.162 e. The van der Waals surface area contributed by atoms with Gasteiger partial charge in [0.2, 0.25) is 0 Å². The summed E-state index contributed by atoms with van der Waals surface area (Å²) in [7, 11) is 0. The van der Waals surface area contributed by atoms with Gasteiger partial charge in [-0.15, -0.1) is 0 Å². The molecule has 0 amide bonds. The molecule has 1 aromatic carbocycles. The lowest BCUT2D eigenvalue weighted by atomic mass is 10.1. The Morgan fingerprint density at radius 1 is 1.44 bits per heavy atom. The van der Waals surface area contributed by atoms with Crippen LogP contribution >= 0.6 is 11.6 Å². The van der Waals surface area contributed by atoms with Gasteiger partial charge >= 0.3 is 0 Å². The highest BCUT2D eigenvalue weighted by Gasteiger charge is 2.09. The van der Waals surface area contributed by atoms with Crippen molar-refractivity contribution in [1.82, 2.24) is 0 Å². The minimum Gasteiger partial charge on any atom is -0.489 e. The molecule has 0 saturated heterocycles. The molecular weight excluding hydrogens is 224 g/mol. The summed E-state index contributed by atoms with van der Waals surface area (Å²) in [4.78, 5) is 11.6. The van der Waals surface area contributed by atoms with Crippen molar-refractivity contribution in [2.45, 2.75) is 39.7 Å². The third kappa shape index (κ3) is 3.53. The minimum absolute atomic E-state index is 0.0784. The molecule has 0 aromatic heterocycles. The minimum atomic E-state index is 0.0784. The number of hydrogen-bond donors (Lipinski definition) is 0. The van der Waals surface area contributed by atoms with Gasteiger partial charge in [0.15, 0.2) is 5.78 Å². The fraction of sp³-hybridized carbons (Fsp3) is 0.462. The Balaban J connectivity index is 2.86. The number of carbonyl (C=O) groups excluding carboxylic acids is 1. The van der Waals surface area contributed by atoms with Gasteiger partial charge in [0, 0.05) is 12.0 Å². The fourth-order valence-corrected chi connectivity index (χ4v) is 1.62. The first-order valence-electron chi connectivity index (χ1n) is 5.54. The van der Waals surface area contributed by atoms with Crippen LogP contribution < -0.4 is 4.74 Å². The molecule has 0 fully saturated rings. The molecule has 0 N–H and O–H groups in total. The highest BCUT2D eigenvalue weighted by molar-refractivity contribution is 6.32. The average Bonchev–Trinajstić information content (AvgIpc) is 2.20. The van der Waals surface area contributed by atoms with Crippen LogP contribution in [0.2, 0.25) is 5.02 Å². The predicted molar refractivity (Wildman–Crippen MR) is 66.5 cm³/mol. The Morgan fingerprint density at radius 2 is 2.12 bits per heavy atom. The van der Waals surface area contributed by atoms with Crippen LogP contribution in [0.15, 0.2) is 18.2 Å². The number of ether oxygens (including phenoxy) is 1. The van der Waals surface area contributed by atoms with Crippen LogP contribution in [0.25, 0.3) is 0 Å². The van der Waals surface area contributed by atoms with E-state index in [0.29, 0.717) is 22.8 Å². The molecule has 0 spiro atoms. The summed E-state index contributed by atoms with van der Waals surface area (Å²) in [5, 5.41) is 0.496. The van der Waals surface area contributed by atoms with E-state index in [1.165, 1.54) is 0 Å². The van der Waals surface area contributed by atoms with Crippen LogP contribution in [0, 0.1) is 0 Å². The molecule has 3 heteroatoms. The zero-order valence-corrected chi connectivity index (χ0v) is 10.7. The topological polar surface area (TPSA) is 26.3 Å². The lowest BCUT2D eigenvalue weighted by molar-refractivity contribution is 0.0981. The number of halogens is 1. The van der Waals surface area contributed by atoms with Crippen LogP contribution in [-0.4, -0.2) is 11.9 Å². The van der Waals surface area contributed by atoms with E-state index in [1.54, 1.807) is 18.2 Å². The maximum atomic E-state index is 11.6. The normalized spacial score (nSPS) is 10.6. The molecule has 16 heavy (non-hydrogen) atoms. The number of benzene rings is 1. The largest absolute Gasteiger partial charge is 0.489 e. The van der Waals surface area contributed by atoms with Gasteiger partial charge in [-0.25, -0.2) is 0 Å². The number of hydrogen-bond acceptors (Lipinski definition) is 2. The molecule has 1 aromatic rings. The molecule has 0 atom stereocenters. The maximum absolute atomic E-state index is 11.6. The van der Waals surface area contributed by atoms with Gasteiger partial charge in [0.1, 0.15) is 5.75 Å². The molecule has 0 aliphatic heterocycles. The molecule has 0 unspecified atom stereocenters. The lowest BCUT2D eigenvalue weighted by Crippen LogP contribution is -2.06. The van der Waals surface area contributed by atoms with E-state index < -0.39 is 0 Å². The van der Waals surface area contributed by atoms with Crippen molar-refractivity contribution in [3.05, 3.63) is 28.8 Å². The summed E-state index contributed by atoms with van der Waals surface area (Å²) in [5.41, 5.74) is 0.656. The number of rotatable bonds is 5. The molecule has 0 aliphatic rings. The van der Waals surface area contributed by atoms with Gasteiger partial charge in [-0.1, -0.05) is 18.5 Å². The molecule has 0 aliphatic carbocycles. The molecular formula is C13H17ClO2. The summed E-state index contributed by atoms with van der Waals surface area (Å²) in [6, 6.07) is 5.20. The van der Waals surface area contributed by atoms with E-state index in [-0.39, 0.29) is 11.9 Å². The summed E-state index contributed by atoms with van der Waals surface area (Å²) >= 11 is 6.04. The second-order valence-corrected chi connectivity index (χ2v) is 4.39. The van der Waals surface area contributed by atoms with Crippen molar-refractivity contribution in [3.63, 3.8) is 0 Å². The zero-order chi connectivity index (χ0) is 12.1. The van der Waals surface area contributed by atoms with Gasteiger partial charge in [-0.2, -0.15) is 0 Å². The second-order valence-electron chi connectivity index (χ2n) is 3.98. The average molecular weight is 241 g/mol. The number of carbonyl (C=O) groups is 1. The van der Waals surface area contributed by atoms with Gasteiger partial charge in [0.05, 0.1) is 11.1 Å². The summed E-state index contributed by atoms with van der Waals surface area (Å²) in [6.45, 7) is 5.86. The molecule has 0 saturated carbocycles. The fourth-order valence-electron chi connectivity index (χ4n) is 1.40. The van der Waals surface area contributed by atoms with Crippen LogP contribution in [0.4, 0.5) is 0 Å². The first-order chi connectivity index (χ1) is 7.54. The second kappa shape index (κ2) is 5.90. The van der Waals surface area contributed by atoms with Crippen LogP contribution in [0.1, 0.15) is 44.0 Å². The first kappa shape index (κ1) is 13.0. The third-order valence-electron chi connectivity index (χ3n) is 2.09. The van der Waals surface area contributed by atoms with Gasteiger partial charge in [-0.05, 0) is 38.5 Å². The van der Waals surface area contributed by atoms with E-state index in [2.05, 4.69) is 0 Å². The molecule has 1 rings (SSSR count). The van der Waals surface area contributed by atoms with Crippen LogP contribution in [-0.2, 0) is 0 Å². The highest BCUT2D eigenvalue weighted by Crippen LogP contribution is 2.26. The van der Waals surface area contributed by atoms with Crippen molar-refractivity contribution in [2.75, 3.05) is 0 Å². The standard InChI is InChI=1S/C13H17ClO2/c1-4-5-12(15)10-6-7-13(11(14)8-10)16-9(2)3/h6-9H,4-5H2,1-3H3. The van der Waals surface area contributed by atoms with Gasteiger partial charge in [0.25, 0.3) is 0 Å². The lowest BCUT2D eigenvalue weighted by Gasteiger charge is -2.11. The van der Waals surface area contributed by atoms with E-state index in [0.717, 1.165) is 6.42 Å². The quantitative estimate of drug-likeness (QED) is 0.724. The van der Waals surface area contributed by atoms with Gasteiger partial charge in [-0.3, -0.25) is 4.79 Å². The van der Waals surface area contributed by atoms with Crippen LogP contribution in [0.5, 0.6) is 5.75 Å². The van der Waals surface area contributed by atoms with E-state index in [9.17, 15) is 4.79 Å². The molecule has 0 radical (unpaired) electrons. The summed E-state index contributed by atoms with van der Waals surface area (Å²) in [6.07, 6.45) is 1.48. The van der Waals surface area contributed by atoms with Crippen molar-refractivity contribution in [3.8, 4) is 5.75 Å². The maximum Gasteiger partial charge on any atom is 0.162 e. The molecule has 2 nitrogen and oxygen atoms in total. The zero-order valence-electron chi connectivity index (χ0n) is 9.92. The van der Waals surface area contributed by atoms with Crippen molar-refractivity contribution in [2.24, 2.45) is 0 Å². The van der Waals surface area contributed by atoms with Crippen LogP contribution in [0.3, 0.4) is 0 Å². The molecule has 0 bridgehead atoms. The van der Waals surface area contributed by atoms with E-state index in [4.69, 9.17) is 16.3 Å². The third-order valence-corrected chi connectivity index (χ3v) is 2.39. The molecule has 88 valence electrons. The monoisotopic (exact) mass is 240 g/mol. The predicted octanol–water partition coefficient (Wildman–Crippen LogP) is 4.11. The SMILES string of the molecule is CCCC(=O)c1ccc(OC(C)C)c(Cl)c1. The van der Waals surface area contributed by atoms with E-state index in [1.807, 2.05) is 20.8 Å². The first-order valence-corrected chi connectivity index (χ1v) is 5.91. The number of ketones is 1. The number of Topliss-reactive ketones (excluding diaryl/α,β-unsaturated/α-hetero) is 1. The Kier molecular flexibility index (Phi) is 4.81. The summed E-state index contributed by atoms with van der Waals surface area (Å²) < 4.78 is 5.50. The van der Waals surface area contributed by atoms with Crippen molar-refractivity contribution in [1.29, 1.82) is 0 Å². The molecule has 0 heterocycles. The summed E-state index contributed by atoms with van der Waals surface area (Å²) in [5.74, 6) is 0.755. The van der Waals surface area contributed by atoms with E-state index >= 15 is 0 Å². The Labute approximate surface area is 102 Å². The highest BCUT2D eigenvalue weighted by atomic mass is 35.5. The van der Waals surface area contributed by atoms with Crippen molar-refractivity contribution < 1.29 is 9.53 Å². The Hall–Kier alpha value is -1.02. The van der Waals surface area contributed by atoms with Gasteiger partial charge < -0.3 is 4.74 Å².